The molecule has 8 heavy (non-hydrogen) atoms. The zero-order valence-corrected chi connectivity index (χ0v) is 5.48. The molecule has 4 N–H and O–H groups in total. The summed E-state index contributed by atoms with van der Waals surface area (Å²) in [5, 5.41) is -0.900. The van der Waals surface area contributed by atoms with Crippen molar-refractivity contribution in [3.63, 3.8) is 0 Å². The standard InChI is InChI=1S/C3H10N2O2S/c1-8(6,7)3(5)2-4/h3H,2,4-5H2,1H3. The summed E-state index contributed by atoms with van der Waals surface area (Å²) in [5.74, 6) is 0. The highest BCUT2D eigenvalue weighted by atomic mass is 32.2. The summed E-state index contributed by atoms with van der Waals surface area (Å²) >= 11 is 0. The number of sulfone groups is 1. The van der Waals surface area contributed by atoms with E-state index in [0.29, 0.717) is 0 Å². The molecule has 0 fully saturated rings. The van der Waals surface area contributed by atoms with Gasteiger partial charge in [-0.25, -0.2) is 8.42 Å². The molecule has 1 atom stereocenters. The van der Waals surface area contributed by atoms with Crippen LogP contribution in [0.1, 0.15) is 0 Å². The fourth-order valence-electron chi connectivity index (χ4n) is 0.175. The number of nitrogens with two attached hydrogens (primary N) is 2. The third-order valence-corrected chi connectivity index (χ3v) is 2.07. The first kappa shape index (κ1) is 7.87. The molecule has 0 aromatic carbocycles. The van der Waals surface area contributed by atoms with Crippen LogP contribution in [-0.2, 0) is 9.84 Å². The molecule has 0 rings (SSSR count). The van der Waals surface area contributed by atoms with Gasteiger partial charge in [-0.3, -0.25) is 0 Å². The first-order valence-corrected chi connectivity index (χ1v) is 4.08. The number of hydrogen-bond acceptors (Lipinski definition) is 4. The lowest BCUT2D eigenvalue weighted by molar-refractivity contribution is 0.587. The first-order valence-electron chi connectivity index (χ1n) is 2.13. The molecule has 4 nitrogen and oxygen atoms in total. The van der Waals surface area contributed by atoms with Crippen molar-refractivity contribution in [2.75, 3.05) is 12.8 Å². The summed E-state index contributed by atoms with van der Waals surface area (Å²) in [6.07, 6.45) is 1.06. The maximum atomic E-state index is 10.4. The Morgan fingerprint density at radius 3 is 2.00 bits per heavy atom. The van der Waals surface area contributed by atoms with Gasteiger partial charge in [-0.05, 0) is 0 Å². The fourth-order valence-corrected chi connectivity index (χ4v) is 0.524. The summed E-state index contributed by atoms with van der Waals surface area (Å²) in [5.41, 5.74) is 9.99. The quantitative estimate of drug-likeness (QED) is 0.475. The maximum absolute atomic E-state index is 10.4. The molecule has 5 heteroatoms. The van der Waals surface area contributed by atoms with E-state index in [-0.39, 0.29) is 6.54 Å². The Morgan fingerprint density at radius 2 is 2.00 bits per heavy atom. The minimum absolute atomic E-state index is 0.0150. The van der Waals surface area contributed by atoms with E-state index in [2.05, 4.69) is 0 Å². The number of hydrogen-bond donors (Lipinski definition) is 2. The van der Waals surface area contributed by atoms with Gasteiger partial charge in [0.25, 0.3) is 0 Å². The van der Waals surface area contributed by atoms with Gasteiger partial charge < -0.3 is 11.5 Å². The third-order valence-electron chi connectivity index (χ3n) is 0.782. The minimum Gasteiger partial charge on any atom is -0.328 e. The maximum Gasteiger partial charge on any atom is 0.164 e. The topological polar surface area (TPSA) is 86.2 Å². The van der Waals surface area contributed by atoms with Crippen LogP contribution in [0.3, 0.4) is 0 Å². The van der Waals surface area contributed by atoms with Gasteiger partial charge in [-0.15, -0.1) is 0 Å². The molecular weight excluding hydrogens is 128 g/mol. The largest absolute Gasteiger partial charge is 0.328 e. The molecule has 0 aliphatic rings. The lowest BCUT2D eigenvalue weighted by atomic mass is 10.7. The van der Waals surface area contributed by atoms with E-state index in [1.165, 1.54) is 0 Å². The van der Waals surface area contributed by atoms with Gasteiger partial charge in [0.2, 0.25) is 0 Å². The SMILES string of the molecule is CS(=O)(=O)C(N)CN. The average molecular weight is 138 g/mol. The van der Waals surface area contributed by atoms with Crippen LogP contribution in [0.25, 0.3) is 0 Å². The van der Waals surface area contributed by atoms with Crippen LogP contribution in [0.2, 0.25) is 0 Å². The molecule has 1 unspecified atom stereocenters. The Morgan fingerprint density at radius 1 is 1.62 bits per heavy atom. The van der Waals surface area contributed by atoms with E-state index in [1.54, 1.807) is 0 Å². The predicted molar refractivity (Wildman–Crippen MR) is 31.9 cm³/mol. The van der Waals surface area contributed by atoms with Gasteiger partial charge in [-0.1, -0.05) is 0 Å². The van der Waals surface area contributed by atoms with Gasteiger partial charge in [0.1, 0.15) is 5.37 Å². The van der Waals surface area contributed by atoms with Crippen molar-refractivity contribution in [3.05, 3.63) is 0 Å². The second-order valence-electron chi connectivity index (χ2n) is 1.60. The van der Waals surface area contributed by atoms with Crippen LogP contribution in [0.4, 0.5) is 0 Å². The highest BCUT2D eigenvalue weighted by Crippen LogP contribution is 1.85. The minimum atomic E-state index is -3.10. The molecule has 0 amide bonds. The smallest absolute Gasteiger partial charge is 0.164 e. The summed E-state index contributed by atoms with van der Waals surface area (Å²) in [6.45, 7) is -0.0150. The average Bonchev–Trinajstić information content (AvgIpc) is 1.62. The molecule has 0 bridgehead atoms. The molecule has 50 valence electrons. The van der Waals surface area contributed by atoms with E-state index in [1.807, 2.05) is 0 Å². The zero-order chi connectivity index (χ0) is 6.78. The Labute approximate surface area is 48.8 Å². The van der Waals surface area contributed by atoms with Gasteiger partial charge in [0.15, 0.2) is 9.84 Å². The van der Waals surface area contributed by atoms with E-state index in [4.69, 9.17) is 11.5 Å². The van der Waals surface area contributed by atoms with Crippen LogP contribution in [0.15, 0.2) is 0 Å². The number of rotatable bonds is 2. The van der Waals surface area contributed by atoms with Crippen molar-refractivity contribution in [2.45, 2.75) is 5.37 Å². The highest BCUT2D eigenvalue weighted by molar-refractivity contribution is 7.91. The molecule has 0 radical (unpaired) electrons. The van der Waals surface area contributed by atoms with Crippen molar-refractivity contribution in [3.8, 4) is 0 Å². The molecular formula is C3H10N2O2S. The van der Waals surface area contributed by atoms with Gasteiger partial charge >= 0.3 is 0 Å². The molecule has 0 aliphatic carbocycles. The predicted octanol–water partition coefficient (Wildman–Crippen LogP) is -1.73. The molecule has 0 aromatic rings. The Hall–Kier alpha value is -0.130. The van der Waals surface area contributed by atoms with E-state index in [9.17, 15) is 8.42 Å². The Kier molecular flexibility index (Phi) is 2.39. The van der Waals surface area contributed by atoms with Crippen LogP contribution >= 0.6 is 0 Å². The van der Waals surface area contributed by atoms with Crippen molar-refractivity contribution in [2.24, 2.45) is 11.5 Å². The fraction of sp³-hybridized carbons (Fsp3) is 1.00. The van der Waals surface area contributed by atoms with Crippen LogP contribution in [0.5, 0.6) is 0 Å². The van der Waals surface area contributed by atoms with Crippen molar-refractivity contribution >= 4 is 9.84 Å². The molecule has 0 heterocycles. The van der Waals surface area contributed by atoms with Gasteiger partial charge in [0.05, 0.1) is 0 Å². The zero-order valence-electron chi connectivity index (χ0n) is 4.66. The van der Waals surface area contributed by atoms with E-state index >= 15 is 0 Å². The van der Waals surface area contributed by atoms with Crippen LogP contribution < -0.4 is 11.5 Å². The first-order chi connectivity index (χ1) is 3.48. The van der Waals surface area contributed by atoms with Crippen LogP contribution in [-0.4, -0.2) is 26.6 Å². The molecule has 0 saturated carbocycles. The molecule has 0 spiro atoms. The molecule has 0 saturated heterocycles. The summed E-state index contributed by atoms with van der Waals surface area (Å²) in [6, 6.07) is 0. The molecule has 0 aliphatic heterocycles. The summed E-state index contributed by atoms with van der Waals surface area (Å²) in [7, 11) is -3.10. The summed E-state index contributed by atoms with van der Waals surface area (Å²) < 4.78 is 20.7. The van der Waals surface area contributed by atoms with E-state index < -0.39 is 15.2 Å². The van der Waals surface area contributed by atoms with Crippen molar-refractivity contribution < 1.29 is 8.42 Å². The van der Waals surface area contributed by atoms with Crippen LogP contribution in [0, 0.1) is 0 Å². The second-order valence-corrected chi connectivity index (χ2v) is 3.87. The van der Waals surface area contributed by atoms with Gasteiger partial charge in [-0.2, -0.15) is 0 Å². The lowest BCUT2D eigenvalue weighted by Gasteiger charge is -2.02. The Balaban J connectivity index is 4.04. The highest BCUT2D eigenvalue weighted by Gasteiger charge is 2.11. The molecule has 0 aromatic heterocycles. The van der Waals surface area contributed by atoms with Crippen molar-refractivity contribution in [1.82, 2.24) is 0 Å². The van der Waals surface area contributed by atoms with Gasteiger partial charge in [0, 0.05) is 12.8 Å². The third kappa shape index (κ3) is 2.25. The monoisotopic (exact) mass is 138 g/mol. The normalized spacial score (nSPS) is 15.9. The van der Waals surface area contributed by atoms with E-state index in [0.717, 1.165) is 6.26 Å². The summed E-state index contributed by atoms with van der Waals surface area (Å²) in [4.78, 5) is 0. The second kappa shape index (κ2) is 2.43. The van der Waals surface area contributed by atoms with Crippen molar-refractivity contribution in [1.29, 1.82) is 0 Å². The Bertz CT molecular complexity index is 151. The lowest BCUT2D eigenvalue weighted by Crippen LogP contribution is -2.36.